The minimum absolute atomic E-state index is 0.299. The summed E-state index contributed by atoms with van der Waals surface area (Å²) in [5.41, 5.74) is 1.49. The van der Waals surface area contributed by atoms with Crippen molar-refractivity contribution in [3.8, 4) is 11.1 Å². The SMILES string of the molecule is Clc1nc2ncnn2c(Cl)c1-c1ccccc1Br. The molecule has 4 nitrogen and oxygen atoms in total. The zero-order valence-electron chi connectivity index (χ0n) is 8.81. The first-order valence-corrected chi connectivity index (χ1v) is 6.53. The van der Waals surface area contributed by atoms with Crippen LogP contribution >= 0.6 is 39.1 Å². The fourth-order valence-electron chi connectivity index (χ4n) is 1.67. The van der Waals surface area contributed by atoms with Gasteiger partial charge in [-0.25, -0.2) is 0 Å². The van der Waals surface area contributed by atoms with E-state index in [9.17, 15) is 0 Å². The van der Waals surface area contributed by atoms with Gasteiger partial charge in [-0.15, -0.1) is 0 Å². The standard InChI is InChI=1S/C11H5BrCl2N4/c12-7-4-2-1-3-6(7)8-9(13)17-11-15-5-16-18(11)10(8)14/h1-5H. The number of hydrogen-bond donors (Lipinski definition) is 0. The van der Waals surface area contributed by atoms with E-state index in [4.69, 9.17) is 23.2 Å². The molecule has 0 spiro atoms. The summed E-state index contributed by atoms with van der Waals surface area (Å²) in [7, 11) is 0. The van der Waals surface area contributed by atoms with E-state index in [0.717, 1.165) is 10.0 Å². The molecule has 2 aromatic heterocycles. The molecule has 18 heavy (non-hydrogen) atoms. The van der Waals surface area contributed by atoms with Crippen molar-refractivity contribution in [1.82, 2.24) is 19.6 Å². The zero-order chi connectivity index (χ0) is 12.7. The fourth-order valence-corrected chi connectivity index (χ4v) is 2.78. The Balaban J connectivity index is 2.39. The first kappa shape index (κ1) is 11.9. The highest BCUT2D eigenvalue weighted by Gasteiger charge is 2.17. The van der Waals surface area contributed by atoms with Gasteiger partial charge in [0.2, 0.25) is 0 Å². The van der Waals surface area contributed by atoms with Gasteiger partial charge in [-0.3, -0.25) is 0 Å². The van der Waals surface area contributed by atoms with Crippen LogP contribution in [0, 0.1) is 0 Å². The lowest BCUT2D eigenvalue weighted by Crippen LogP contribution is -1.97. The van der Waals surface area contributed by atoms with Crippen molar-refractivity contribution in [2.45, 2.75) is 0 Å². The van der Waals surface area contributed by atoms with Crippen LogP contribution in [0.1, 0.15) is 0 Å². The van der Waals surface area contributed by atoms with Crippen LogP contribution in [0.3, 0.4) is 0 Å². The summed E-state index contributed by atoms with van der Waals surface area (Å²) in [4.78, 5) is 8.12. The lowest BCUT2D eigenvalue weighted by Gasteiger charge is -2.09. The van der Waals surface area contributed by atoms with Gasteiger partial charge >= 0.3 is 0 Å². The van der Waals surface area contributed by atoms with Gasteiger partial charge in [0.05, 0.1) is 5.56 Å². The summed E-state index contributed by atoms with van der Waals surface area (Å²) in [5.74, 6) is 0.376. The van der Waals surface area contributed by atoms with Crippen molar-refractivity contribution in [3.63, 3.8) is 0 Å². The molecule has 0 saturated heterocycles. The normalized spacial score (nSPS) is 11.1. The van der Waals surface area contributed by atoms with Crippen LogP contribution in [-0.2, 0) is 0 Å². The monoisotopic (exact) mass is 342 g/mol. The third kappa shape index (κ3) is 1.79. The first-order chi connectivity index (χ1) is 8.68. The summed E-state index contributed by atoms with van der Waals surface area (Å²) in [6.45, 7) is 0. The second kappa shape index (κ2) is 4.50. The summed E-state index contributed by atoms with van der Waals surface area (Å²) in [5, 5.41) is 4.69. The van der Waals surface area contributed by atoms with Crippen molar-refractivity contribution in [2.24, 2.45) is 0 Å². The molecule has 2 heterocycles. The van der Waals surface area contributed by atoms with E-state index < -0.39 is 0 Å². The van der Waals surface area contributed by atoms with Gasteiger partial charge in [-0.05, 0) is 6.07 Å². The topological polar surface area (TPSA) is 43.1 Å². The molecule has 0 aliphatic carbocycles. The maximum absolute atomic E-state index is 6.31. The third-order valence-electron chi connectivity index (χ3n) is 2.47. The summed E-state index contributed by atoms with van der Waals surface area (Å²) >= 11 is 16.0. The van der Waals surface area contributed by atoms with Crippen LogP contribution in [0.4, 0.5) is 0 Å². The smallest absolute Gasteiger partial charge is 0.198 e. The highest BCUT2D eigenvalue weighted by Crippen LogP contribution is 2.37. The maximum Gasteiger partial charge on any atom is 0.255 e. The Morgan fingerprint density at radius 2 is 1.94 bits per heavy atom. The molecule has 90 valence electrons. The van der Waals surface area contributed by atoms with Gasteiger partial charge in [0.15, 0.2) is 0 Å². The Kier molecular flexibility index (Phi) is 2.97. The molecule has 0 saturated carbocycles. The van der Waals surface area contributed by atoms with Crippen molar-refractivity contribution in [2.75, 3.05) is 0 Å². The molecule has 0 fully saturated rings. The molecule has 0 unspecified atom stereocenters. The minimum atomic E-state index is 0.299. The number of hydrogen-bond acceptors (Lipinski definition) is 3. The van der Waals surface area contributed by atoms with Gasteiger partial charge < -0.3 is 0 Å². The second-order valence-corrected chi connectivity index (χ2v) is 5.09. The molecule has 1 aromatic carbocycles. The Bertz CT molecular complexity index is 741. The van der Waals surface area contributed by atoms with Crippen LogP contribution in [0.15, 0.2) is 35.1 Å². The van der Waals surface area contributed by atoms with Crippen LogP contribution in [0.2, 0.25) is 10.3 Å². The van der Waals surface area contributed by atoms with Crippen LogP contribution in [0.25, 0.3) is 16.9 Å². The van der Waals surface area contributed by atoms with Gasteiger partial charge in [-0.1, -0.05) is 57.3 Å². The van der Waals surface area contributed by atoms with Crippen molar-refractivity contribution in [3.05, 3.63) is 45.4 Å². The van der Waals surface area contributed by atoms with Gasteiger partial charge in [0.1, 0.15) is 16.6 Å². The number of benzene rings is 1. The molecule has 0 bridgehead atoms. The highest BCUT2D eigenvalue weighted by atomic mass is 79.9. The molecule has 0 N–H and O–H groups in total. The van der Waals surface area contributed by atoms with Crippen molar-refractivity contribution in [1.29, 1.82) is 0 Å². The molecule has 3 rings (SSSR count). The molecule has 0 aliphatic rings. The molecule has 0 radical (unpaired) electrons. The maximum atomic E-state index is 6.31. The largest absolute Gasteiger partial charge is 0.255 e. The number of halogens is 3. The Morgan fingerprint density at radius 1 is 1.17 bits per heavy atom. The van der Waals surface area contributed by atoms with Gasteiger partial charge in [0.25, 0.3) is 5.78 Å². The van der Waals surface area contributed by atoms with E-state index in [0.29, 0.717) is 21.6 Å². The molecular weight excluding hydrogens is 339 g/mol. The van der Waals surface area contributed by atoms with Crippen LogP contribution in [0.5, 0.6) is 0 Å². The second-order valence-electron chi connectivity index (χ2n) is 3.52. The number of rotatable bonds is 1. The number of fused-ring (bicyclic) bond motifs is 1. The van der Waals surface area contributed by atoms with Crippen molar-refractivity contribution >= 4 is 44.9 Å². The van der Waals surface area contributed by atoms with Crippen LogP contribution < -0.4 is 0 Å². The Labute approximate surface area is 121 Å². The average Bonchev–Trinajstić information content (AvgIpc) is 2.79. The summed E-state index contributed by atoms with van der Waals surface area (Å²) in [6.07, 6.45) is 1.38. The molecule has 0 amide bonds. The molecule has 3 aromatic rings. The van der Waals surface area contributed by atoms with Crippen LogP contribution in [-0.4, -0.2) is 19.6 Å². The van der Waals surface area contributed by atoms with Crippen molar-refractivity contribution < 1.29 is 0 Å². The molecular formula is C11H5BrCl2N4. The van der Waals surface area contributed by atoms with E-state index in [-0.39, 0.29) is 0 Å². The summed E-state index contributed by atoms with van der Waals surface area (Å²) < 4.78 is 2.33. The number of nitrogens with zero attached hydrogens (tertiary/aromatic N) is 4. The van der Waals surface area contributed by atoms with Gasteiger partial charge in [0, 0.05) is 10.0 Å². The predicted molar refractivity (Wildman–Crippen MR) is 73.9 cm³/mol. The Morgan fingerprint density at radius 3 is 2.72 bits per heavy atom. The van der Waals surface area contributed by atoms with E-state index in [2.05, 4.69) is 31.0 Å². The number of aromatic nitrogens is 4. The van der Waals surface area contributed by atoms with E-state index in [1.807, 2.05) is 24.3 Å². The quantitative estimate of drug-likeness (QED) is 0.630. The Hall–Kier alpha value is -1.17. The summed E-state index contributed by atoms with van der Waals surface area (Å²) in [6, 6.07) is 7.63. The zero-order valence-corrected chi connectivity index (χ0v) is 11.9. The predicted octanol–water partition coefficient (Wildman–Crippen LogP) is 3.86. The average molecular weight is 344 g/mol. The molecule has 0 atom stereocenters. The lowest BCUT2D eigenvalue weighted by atomic mass is 10.1. The fraction of sp³-hybridized carbons (Fsp3) is 0. The first-order valence-electron chi connectivity index (χ1n) is 4.98. The third-order valence-corrected chi connectivity index (χ3v) is 3.78. The lowest BCUT2D eigenvalue weighted by molar-refractivity contribution is 0.942. The van der Waals surface area contributed by atoms with E-state index in [1.165, 1.54) is 10.8 Å². The van der Waals surface area contributed by atoms with Gasteiger partial charge in [-0.2, -0.15) is 19.6 Å². The van der Waals surface area contributed by atoms with E-state index >= 15 is 0 Å². The molecule has 7 heteroatoms. The molecule has 0 aliphatic heterocycles. The highest BCUT2D eigenvalue weighted by molar-refractivity contribution is 9.10. The minimum Gasteiger partial charge on any atom is -0.198 e. The van der Waals surface area contributed by atoms with E-state index in [1.54, 1.807) is 0 Å².